The molecule has 4 aromatic rings. The largest absolute Gasteiger partial charge is 0.333 e. The Morgan fingerprint density at radius 1 is 1.05 bits per heavy atom. The highest BCUT2D eigenvalue weighted by molar-refractivity contribution is 7.91. The average Bonchev–Trinajstić information content (AvgIpc) is 3.53. The zero-order chi connectivity index (χ0) is 30.6. The van der Waals surface area contributed by atoms with Crippen LogP contribution in [-0.2, 0) is 26.2 Å². The number of sulfone groups is 2. The smallest absolute Gasteiger partial charge is 0.232 e. The number of aromatic amines is 1. The standard InChI is InChI=1S/C26H30F2N8O4S2/c1-14-10-21(34-33-14)30-25-22(16-6-7-16)23(20-13-36(15(2)29-20)8-9-41(4,37)38)31-26(32-25)35(3)24-18(27)11-17(12-19(24)28)42(5,39)40/h10-13,16H,6-9H2,1-5H3,(H2,30,31,32,33,34). The summed E-state index contributed by atoms with van der Waals surface area (Å²) in [6.07, 6.45) is 5.45. The van der Waals surface area contributed by atoms with Gasteiger partial charge in [0.15, 0.2) is 27.3 Å². The van der Waals surface area contributed by atoms with Crippen molar-refractivity contribution < 1.29 is 25.6 Å². The number of hydrogen-bond donors (Lipinski definition) is 2. The zero-order valence-corrected chi connectivity index (χ0v) is 25.2. The summed E-state index contributed by atoms with van der Waals surface area (Å²) in [6, 6.07) is 3.28. The van der Waals surface area contributed by atoms with Crippen molar-refractivity contribution in [2.24, 2.45) is 0 Å². The molecule has 5 rings (SSSR count). The molecule has 1 fully saturated rings. The van der Waals surface area contributed by atoms with Crippen LogP contribution in [0.5, 0.6) is 0 Å². The van der Waals surface area contributed by atoms with Crippen LogP contribution in [0.4, 0.5) is 32.1 Å². The van der Waals surface area contributed by atoms with Crippen LogP contribution < -0.4 is 10.2 Å². The molecule has 0 radical (unpaired) electrons. The van der Waals surface area contributed by atoms with E-state index in [-0.39, 0.29) is 24.2 Å². The number of aromatic nitrogens is 6. The number of nitrogens with zero attached hydrogens (tertiary/aromatic N) is 6. The third kappa shape index (κ3) is 6.28. The molecule has 0 spiro atoms. The third-order valence-electron chi connectivity index (χ3n) is 6.85. The first-order valence-electron chi connectivity index (χ1n) is 13.0. The van der Waals surface area contributed by atoms with E-state index in [0.717, 1.165) is 53.6 Å². The van der Waals surface area contributed by atoms with Gasteiger partial charge >= 0.3 is 0 Å². The molecule has 0 aliphatic heterocycles. The van der Waals surface area contributed by atoms with Gasteiger partial charge in [-0.2, -0.15) is 10.1 Å². The lowest BCUT2D eigenvalue weighted by atomic mass is 10.1. The second-order valence-electron chi connectivity index (χ2n) is 10.5. The highest BCUT2D eigenvalue weighted by atomic mass is 32.2. The molecule has 16 heteroatoms. The molecule has 1 aromatic carbocycles. The summed E-state index contributed by atoms with van der Waals surface area (Å²) in [5.74, 6) is -0.881. The van der Waals surface area contributed by atoms with Crippen LogP contribution in [-0.4, -0.2) is 71.9 Å². The van der Waals surface area contributed by atoms with Gasteiger partial charge in [-0.3, -0.25) is 5.10 Å². The monoisotopic (exact) mass is 620 g/mol. The first-order chi connectivity index (χ1) is 19.6. The Morgan fingerprint density at radius 3 is 2.26 bits per heavy atom. The molecule has 224 valence electrons. The quantitative estimate of drug-likeness (QED) is 0.267. The predicted molar refractivity (Wildman–Crippen MR) is 154 cm³/mol. The van der Waals surface area contributed by atoms with Crippen molar-refractivity contribution in [2.75, 3.05) is 35.5 Å². The highest BCUT2D eigenvalue weighted by Crippen LogP contribution is 2.48. The van der Waals surface area contributed by atoms with Crippen LogP contribution in [0.2, 0.25) is 0 Å². The van der Waals surface area contributed by atoms with E-state index in [4.69, 9.17) is 4.98 Å². The van der Waals surface area contributed by atoms with Gasteiger partial charge in [-0.15, -0.1) is 0 Å². The minimum Gasteiger partial charge on any atom is -0.333 e. The maximum Gasteiger partial charge on any atom is 0.232 e. The van der Waals surface area contributed by atoms with Gasteiger partial charge in [0.05, 0.1) is 10.6 Å². The van der Waals surface area contributed by atoms with Gasteiger partial charge in [-0.05, 0) is 44.7 Å². The molecule has 0 unspecified atom stereocenters. The zero-order valence-electron chi connectivity index (χ0n) is 23.6. The van der Waals surface area contributed by atoms with E-state index < -0.39 is 41.9 Å². The number of anilines is 4. The van der Waals surface area contributed by atoms with Crippen LogP contribution in [0.3, 0.4) is 0 Å². The Balaban J connectivity index is 1.67. The van der Waals surface area contributed by atoms with Crippen LogP contribution >= 0.6 is 0 Å². The summed E-state index contributed by atoms with van der Waals surface area (Å²) >= 11 is 0. The SMILES string of the molecule is Cc1cc(Nc2nc(N(C)c3c(F)cc(S(C)(=O)=O)cc3F)nc(-c3cn(CCS(C)(=O)=O)c(C)n3)c2C2CC2)n[nH]1. The predicted octanol–water partition coefficient (Wildman–Crippen LogP) is 3.80. The number of hydrogen-bond acceptors (Lipinski definition) is 10. The Hall–Kier alpha value is -3.92. The number of imidazole rings is 1. The summed E-state index contributed by atoms with van der Waals surface area (Å²) < 4.78 is 79.5. The fraction of sp³-hybridized carbons (Fsp3) is 0.385. The van der Waals surface area contributed by atoms with Crippen LogP contribution in [0.25, 0.3) is 11.4 Å². The summed E-state index contributed by atoms with van der Waals surface area (Å²) in [5.41, 5.74) is 1.86. The number of aryl methyl sites for hydroxylation is 3. The molecular weight excluding hydrogens is 590 g/mol. The number of halogens is 2. The van der Waals surface area contributed by atoms with Crippen molar-refractivity contribution in [1.29, 1.82) is 0 Å². The van der Waals surface area contributed by atoms with Gasteiger partial charge in [0.2, 0.25) is 5.95 Å². The van der Waals surface area contributed by atoms with E-state index in [1.54, 1.807) is 23.8 Å². The van der Waals surface area contributed by atoms with Crippen LogP contribution in [0.15, 0.2) is 29.3 Å². The average molecular weight is 621 g/mol. The maximum absolute atomic E-state index is 15.2. The van der Waals surface area contributed by atoms with Crippen molar-refractivity contribution in [1.82, 2.24) is 29.7 Å². The fourth-order valence-corrected chi connectivity index (χ4v) is 5.71. The maximum atomic E-state index is 15.2. The molecule has 2 N–H and O–H groups in total. The van der Waals surface area contributed by atoms with Crippen molar-refractivity contribution in [3.05, 3.63) is 53.1 Å². The molecular formula is C26H30F2N8O4S2. The minimum absolute atomic E-state index is 0.0791. The Morgan fingerprint density at radius 2 is 1.71 bits per heavy atom. The normalized spacial score (nSPS) is 13.9. The molecule has 42 heavy (non-hydrogen) atoms. The summed E-state index contributed by atoms with van der Waals surface area (Å²) in [4.78, 5) is 14.6. The van der Waals surface area contributed by atoms with Gasteiger partial charge in [0, 0.05) is 49.6 Å². The van der Waals surface area contributed by atoms with E-state index in [1.807, 2.05) is 6.92 Å². The van der Waals surface area contributed by atoms with Gasteiger partial charge < -0.3 is 14.8 Å². The van der Waals surface area contributed by atoms with Gasteiger partial charge in [-0.1, -0.05) is 0 Å². The van der Waals surface area contributed by atoms with Gasteiger partial charge in [-0.25, -0.2) is 35.6 Å². The Labute approximate surface area is 242 Å². The van der Waals surface area contributed by atoms with E-state index in [0.29, 0.717) is 28.8 Å². The molecule has 1 aliphatic carbocycles. The first kappa shape index (κ1) is 29.6. The van der Waals surface area contributed by atoms with Crippen LogP contribution in [0.1, 0.15) is 35.8 Å². The molecule has 0 atom stereocenters. The Bertz CT molecular complexity index is 1880. The van der Waals surface area contributed by atoms with Crippen molar-refractivity contribution in [3.8, 4) is 11.4 Å². The number of nitrogens with one attached hydrogen (secondary N) is 2. The van der Waals surface area contributed by atoms with Gasteiger partial charge in [0.1, 0.15) is 38.6 Å². The molecule has 1 aliphatic rings. The molecule has 0 bridgehead atoms. The summed E-state index contributed by atoms with van der Waals surface area (Å²) in [6.45, 7) is 3.77. The number of benzene rings is 1. The molecule has 1 saturated carbocycles. The van der Waals surface area contributed by atoms with E-state index in [1.165, 1.54) is 7.05 Å². The van der Waals surface area contributed by atoms with E-state index in [2.05, 4.69) is 25.5 Å². The van der Waals surface area contributed by atoms with Crippen LogP contribution in [0, 0.1) is 25.5 Å². The number of rotatable bonds is 10. The van der Waals surface area contributed by atoms with E-state index in [9.17, 15) is 16.8 Å². The lowest BCUT2D eigenvalue weighted by molar-refractivity contribution is 0.569. The highest BCUT2D eigenvalue weighted by Gasteiger charge is 2.34. The Kier molecular flexibility index (Phi) is 7.55. The lowest BCUT2D eigenvalue weighted by Crippen LogP contribution is -2.19. The van der Waals surface area contributed by atoms with Crippen molar-refractivity contribution >= 4 is 42.9 Å². The third-order valence-corrected chi connectivity index (χ3v) is 8.86. The molecule has 3 aromatic heterocycles. The molecule has 0 amide bonds. The topological polar surface area (TPSA) is 156 Å². The second kappa shape index (κ2) is 10.7. The molecule has 12 nitrogen and oxygen atoms in total. The number of H-pyrrole nitrogens is 1. The van der Waals surface area contributed by atoms with Crippen molar-refractivity contribution in [2.45, 2.75) is 44.0 Å². The summed E-state index contributed by atoms with van der Waals surface area (Å²) in [7, 11) is -5.71. The van der Waals surface area contributed by atoms with E-state index >= 15 is 8.78 Å². The minimum atomic E-state index is -3.86. The summed E-state index contributed by atoms with van der Waals surface area (Å²) in [5, 5.41) is 10.3. The first-order valence-corrected chi connectivity index (χ1v) is 16.9. The lowest BCUT2D eigenvalue weighted by Gasteiger charge is -2.22. The van der Waals surface area contributed by atoms with Gasteiger partial charge in [0.25, 0.3) is 0 Å². The van der Waals surface area contributed by atoms with Crippen molar-refractivity contribution in [3.63, 3.8) is 0 Å². The molecule has 0 saturated heterocycles. The fourth-order valence-electron chi connectivity index (χ4n) is 4.55. The molecule has 3 heterocycles. The second-order valence-corrected chi connectivity index (χ2v) is 14.8.